The van der Waals surface area contributed by atoms with E-state index in [9.17, 15) is 4.79 Å². The molecule has 32 heavy (non-hydrogen) atoms. The molecule has 0 spiro atoms. The van der Waals surface area contributed by atoms with Crippen LogP contribution in [0.4, 0.5) is 0 Å². The van der Waals surface area contributed by atoms with Gasteiger partial charge in [0.1, 0.15) is 0 Å². The van der Waals surface area contributed by atoms with Crippen molar-refractivity contribution in [3.63, 3.8) is 0 Å². The number of hydrogen-bond acceptors (Lipinski definition) is 7. The van der Waals surface area contributed by atoms with Crippen molar-refractivity contribution in [3.8, 4) is 16.4 Å². The lowest BCUT2D eigenvalue weighted by molar-refractivity contribution is 0.0169. The number of thiophene rings is 2. The van der Waals surface area contributed by atoms with E-state index in [0.717, 1.165) is 23.7 Å². The summed E-state index contributed by atoms with van der Waals surface area (Å²) in [6.07, 6.45) is 0. The summed E-state index contributed by atoms with van der Waals surface area (Å²) in [5.74, 6) is 0.566. The Bertz CT molecular complexity index is 1140. The number of aromatic nitrogens is 3. The van der Waals surface area contributed by atoms with Gasteiger partial charge in [-0.1, -0.05) is 30.3 Å². The monoisotopic (exact) mass is 465 g/mol. The van der Waals surface area contributed by atoms with Gasteiger partial charge in [0.05, 0.1) is 29.8 Å². The number of ether oxygens (including phenoxy) is 1. The number of hydrogen-bond donors (Lipinski definition) is 1. The highest BCUT2D eigenvalue weighted by Crippen LogP contribution is 2.27. The minimum Gasteiger partial charge on any atom is -0.379 e. The van der Waals surface area contributed by atoms with Crippen molar-refractivity contribution in [2.45, 2.75) is 6.04 Å². The van der Waals surface area contributed by atoms with E-state index in [1.54, 1.807) is 27.4 Å². The van der Waals surface area contributed by atoms with Gasteiger partial charge in [0.15, 0.2) is 5.82 Å². The first kappa shape index (κ1) is 21.0. The Morgan fingerprint density at radius 2 is 1.81 bits per heavy atom. The van der Waals surface area contributed by atoms with Gasteiger partial charge in [-0.05, 0) is 35.0 Å². The molecule has 164 valence electrons. The number of carbonyl (C=O) groups is 1. The summed E-state index contributed by atoms with van der Waals surface area (Å²) in [6, 6.07) is 18.0. The Morgan fingerprint density at radius 1 is 1.03 bits per heavy atom. The highest BCUT2D eigenvalue weighted by atomic mass is 32.1. The molecular formula is C23H23N5O2S2. The second-order valence-corrected chi connectivity index (χ2v) is 9.30. The molecule has 1 amide bonds. The van der Waals surface area contributed by atoms with Crippen LogP contribution in [-0.2, 0) is 4.74 Å². The molecule has 1 atom stereocenters. The maximum Gasteiger partial charge on any atom is 0.291 e. The molecule has 4 aromatic rings. The van der Waals surface area contributed by atoms with Gasteiger partial charge in [-0.3, -0.25) is 9.69 Å². The van der Waals surface area contributed by atoms with Gasteiger partial charge in [0.25, 0.3) is 5.91 Å². The first-order chi connectivity index (χ1) is 15.8. The van der Waals surface area contributed by atoms with E-state index in [1.807, 2.05) is 53.9 Å². The maximum atomic E-state index is 13.1. The molecule has 7 nitrogen and oxygen atoms in total. The quantitative estimate of drug-likeness (QED) is 0.449. The molecule has 1 aliphatic heterocycles. The van der Waals surface area contributed by atoms with Gasteiger partial charge in [0, 0.05) is 24.5 Å². The van der Waals surface area contributed by atoms with Crippen LogP contribution >= 0.6 is 22.7 Å². The molecule has 9 heteroatoms. The van der Waals surface area contributed by atoms with E-state index in [4.69, 9.17) is 4.74 Å². The third kappa shape index (κ3) is 4.51. The van der Waals surface area contributed by atoms with E-state index in [1.165, 1.54) is 4.88 Å². The SMILES string of the molecule is O=C(NCC(c1cccs1)N1CCOCC1)c1nc(-c2cccs2)n(-c2ccccc2)n1. The lowest BCUT2D eigenvalue weighted by Crippen LogP contribution is -2.43. The van der Waals surface area contributed by atoms with Crippen molar-refractivity contribution in [1.29, 1.82) is 0 Å². The first-order valence-electron chi connectivity index (χ1n) is 10.5. The molecule has 1 fully saturated rings. The van der Waals surface area contributed by atoms with Crippen molar-refractivity contribution in [1.82, 2.24) is 25.0 Å². The molecule has 0 bridgehead atoms. The Kier molecular flexibility index (Phi) is 6.40. The summed E-state index contributed by atoms with van der Waals surface area (Å²) in [5, 5.41) is 11.7. The summed E-state index contributed by atoms with van der Waals surface area (Å²) >= 11 is 3.28. The van der Waals surface area contributed by atoms with Crippen molar-refractivity contribution in [2.75, 3.05) is 32.8 Å². The van der Waals surface area contributed by atoms with E-state index in [2.05, 4.69) is 31.7 Å². The average Bonchev–Trinajstić information content (AvgIpc) is 3.62. The van der Waals surface area contributed by atoms with Gasteiger partial charge in [-0.15, -0.1) is 27.8 Å². The van der Waals surface area contributed by atoms with Gasteiger partial charge in [-0.25, -0.2) is 9.67 Å². The zero-order valence-corrected chi connectivity index (χ0v) is 19.0. The second-order valence-electron chi connectivity index (χ2n) is 7.37. The van der Waals surface area contributed by atoms with Crippen LogP contribution in [0.15, 0.2) is 65.4 Å². The molecule has 1 saturated heterocycles. The van der Waals surface area contributed by atoms with Crippen LogP contribution in [0.2, 0.25) is 0 Å². The fourth-order valence-electron chi connectivity index (χ4n) is 3.77. The van der Waals surface area contributed by atoms with E-state index in [0.29, 0.717) is 25.6 Å². The predicted octanol–water partition coefficient (Wildman–Crippen LogP) is 3.86. The zero-order chi connectivity index (χ0) is 21.8. The van der Waals surface area contributed by atoms with Crippen molar-refractivity contribution in [3.05, 3.63) is 76.1 Å². The molecule has 1 unspecified atom stereocenters. The molecule has 0 saturated carbocycles. The van der Waals surface area contributed by atoms with Crippen LogP contribution < -0.4 is 5.32 Å². The fourth-order valence-corrected chi connectivity index (χ4v) is 5.33. The molecule has 4 heterocycles. The number of nitrogens with zero attached hydrogens (tertiary/aromatic N) is 4. The van der Waals surface area contributed by atoms with E-state index < -0.39 is 0 Å². The molecule has 0 aliphatic carbocycles. The van der Waals surface area contributed by atoms with Gasteiger partial charge in [0.2, 0.25) is 5.82 Å². The minimum absolute atomic E-state index is 0.107. The highest BCUT2D eigenvalue weighted by Gasteiger charge is 2.25. The van der Waals surface area contributed by atoms with Gasteiger partial charge < -0.3 is 10.1 Å². The summed E-state index contributed by atoms with van der Waals surface area (Å²) < 4.78 is 7.24. The fraction of sp³-hybridized carbons (Fsp3) is 0.261. The minimum atomic E-state index is -0.271. The Labute approximate surface area is 194 Å². The second kappa shape index (κ2) is 9.74. The predicted molar refractivity (Wildman–Crippen MR) is 126 cm³/mol. The molecule has 3 aromatic heterocycles. The topological polar surface area (TPSA) is 72.3 Å². The number of morpholine rings is 1. The third-order valence-corrected chi connectivity index (χ3v) is 7.21. The molecule has 5 rings (SSSR count). The normalized spacial score (nSPS) is 15.5. The molecule has 0 radical (unpaired) electrons. The largest absolute Gasteiger partial charge is 0.379 e. The molecule has 1 aliphatic rings. The summed E-state index contributed by atoms with van der Waals surface area (Å²) in [4.78, 5) is 22.2. The van der Waals surface area contributed by atoms with E-state index >= 15 is 0 Å². The Balaban J connectivity index is 1.38. The number of benzene rings is 1. The van der Waals surface area contributed by atoms with Crippen LogP contribution in [0.1, 0.15) is 21.5 Å². The van der Waals surface area contributed by atoms with Crippen molar-refractivity contribution < 1.29 is 9.53 Å². The lowest BCUT2D eigenvalue weighted by Gasteiger charge is -2.34. The standard InChI is InChI=1S/C23H23N5O2S2/c29-23(24-16-18(19-8-4-14-31-19)27-10-12-30-13-11-27)21-25-22(20-9-5-15-32-20)28(26-21)17-6-2-1-3-7-17/h1-9,14-15,18H,10-13,16H2,(H,24,29). The van der Waals surface area contributed by atoms with Crippen molar-refractivity contribution >= 4 is 28.6 Å². The number of carbonyl (C=O) groups excluding carboxylic acids is 1. The van der Waals surface area contributed by atoms with Gasteiger partial charge >= 0.3 is 0 Å². The average molecular weight is 466 g/mol. The molecular weight excluding hydrogens is 442 g/mol. The summed E-state index contributed by atoms with van der Waals surface area (Å²) in [5.41, 5.74) is 0.868. The number of amides is 1. The van der Waals surface area contributed by atoms with Crippen LogP contribution in [0.5, 0.6) is 0 Å². The zero-order valence-electron chi connectivity index (χ0n) is 17.4. The highest BCUT2D eigenvalue weighted by molar-refractivity contribution is 7.13. The van der Waals surface area contributed by atoms with E-state index in [-0.39, 0.29) is 17.8 Å². The Hall–Kier alpha value is -2.85. The number of nitrogens with one attached hydrogen (secondary N) is 1. The smallest absolute Gasteiger partial charge is 0.291 e. The summed E-state index contributed by atoms with van der Waals surface area (Å²) in [6.45, 7) is 3.61. The number of rotatable bonds is 7. The third-order valence-electron chi connectivity index (χ3n) is 5.37. The Morgan fingerprint density at radius 3 is 2.53 bits per heavy atom. The van der Waals surface area contributed by atoms with Crippen molar-refractivity contribution in [2.24, 2.45) is 0 Å². The first-order valence-corrected chi connectivity index (χ1v) is 12.3. The molecule has 1 N–H and O–H groups in total. The maximum absolute atomic E-state index is 13.1. The number of para-hydroxylation sites is 1. The van der Waals surface area contributed by atoms with Crippen LogP contribution in [0.25, 0.3) is 16.4 Å². The van der Waals surface area contributed by atoms with Gasteiger partial charge in [-0.2, -0.15) is 0 Å². The summed E-state index contributed by atoms with van der Waals surface area (Å²) in [7, 11) is 0. The van der Waals surface area contributed by atoms with Crippen LogP contribution in [0, 0.1) is 0 Å². The molecule has 1 aromatic carbocycles. The lowest BCUT2D eigenvalue weighted by atomic mass is 10.2. The van der Waals surface area contributed by atoms with Crippen LogP contribution in [-0.4, -0.2) is 58.4 Å². The van der Waals surface area contributed by atoms with Crippen LogP contribution in [0.3, 0.4) is 0 Å².